The Kier molecular flexibility index (Phi) is 5.90. The second-order valence-corrected chi connectivity index (χ2v) is 5.46. The van der Waals surface area contributed by atoms with Crippen LogP contribution >= 0.6 is 0 Å². The molecule has 1 rings (SSSR count). The molecule has 2 unspecified atom stereocenters. The summed E-state index contributed by atoms with van der Waals surface area (Å²) in [4.78, 5) is 8.42. The fraction of sp³-hybridized carbons (Fsp3) is 0.636. The highest BCUT2D eigenvalue weighted by molar-refractivity contribution is 7.84. The van der Waals surface area contributed by atoms with E-state index in [9.17, 15) is 4.21 Å². The van der Waals surface area contributed by atoms with Crippen molar-refractivity contribution in [1.29, 1.82) is 0 Å². The number of aromatic nitrogens is 2. The molecule has 17 heavy (non-hydrogen) atoms. The van der Waals surface area contributed by atoms with Crippen molar-refractivity contribution in [3.8, 4) is 0 Å². The summed E-state index contributed by atoms with van der Waals surface area (Å²) in [6.45, 7) is 4.86. The fourth-order valence-electron chi connectivity index (χ4n) is 1.35. The van der Waals surface area contributed by atoms with E-state index < -0.39 is 10.8 Å². The van der Waals surface area contributed by atoms with Crippen LogP contribution in [-0.2, 0) is 10.8 Å². The van der Waals surface area contributed by atoms with Gasteiger partial charge in [0, 0.05) is 41.6 Å². The maximum atomic E-state index is 11.0. The van der Waals surface area contributed by atoms with Gasteiger partial charge in [0.2, 0.25) is 5.95 Å². The van der Waals surface area contributed by atoms with Crippen LogP contribution in [0.25, 0.3) is 0 Å². The molecule has 1 aromatic rings. The normalized spacial score (nSPS) is 14.1. The van der Waals surface area contributed by atoms with E-state index in [4.69, 9.17) is 0 Å². The smallest absolute Gasteiger partial charge is 0.224 e. The lowest BCUT2D eigenvalue weighted by Crippen LogP contribution is -2.19. The molecule has 0 saturated heterocycles. The summed E-state index contributed by atoms with van der Waals surface area (Å²) in [5.74, 6) is 2.13. The van der Waals surface area contributed by atoms with Crippen molar-refractivity contribution >= 4 is 22.6 Å². The molecular formula is C11H20N4OS. The summed E-state index contributed by atoms with van der Waals surface area (Å²) < 4.78 is 11.0. The molecule has 0 spiro atoms. The minimum Gasteiger partial charge on any atom is -0.367 e. The van der Waals surface area contributed by atoms with Crippen LogP contribution in [0.2, 0.25) is 0 Å². The number of rotatable bonds is 7. The second kappa shape index (κ2) is 7.21. The molecule has 6 heteroatoms. The van der Waals surface area contributed by atoms with Crippen LogP contribution in [-0.4, -0.2) is 38.8 Å². The first-order chi connectivity index (χ1) is 8.11. The number of hydrogen-bond donors (Lipinski definition) is 2. The Hall–Kier alpha value is -1.17. The van der Waals surface area contributed by atoms with Gasteiger partial charge >= 0.3 is 0 Å². The van der Waals surface area contributed by atoms with Crippen molar-refractivity contribution in [2.45, 2.75) is 26.3 Å². The first-order valence-corrected chi connectivity index (χ1v) is 7.48. The molecular weight excluding hydrogens is 236 g/mol. The first-order valence-electron chi connectivity index (χ1n) is 5.75. The van der Waals surface area contributed by atoms with Crippen LogP contribution in [0.4, 0.5) is 11.8 Å². The predicted octanol–water partition coefficient (Wildman–Crippen LogP) is 1.48. The van der Waals surface area contributed by atoms with Gasteiger partial charge in [0.1, 0.15) is 5.82 Å². The van der Waals surface area contributed by atoms with E-state index in [1.54, 1.807) is 12.5 Å². The van der Waals surface area contributed by atoms with Crippen molar-refractivity contribution in [3.63, 3.8) is 0 Å². The molecule has 96 valence electrons. The van der Waals surface area contributed by atoms with E-state index in [0.29, 0.717) is 11.7 Å². The molecule has 0 bridgehead atoms. The van der Waals surface area contributed by atoms with Gasteiger partial charge in [-0.3, -0.25) is 4.21 Å². The SMILES string of the molecule is CCNc1nccc(NC(C)CCS(C)=O)n1. The van der Waals surface area contributed by atoms with Gasteiger partial charge < -0.3 is 10.6 Å². The highest BCUT2D eigenvalue weighted by atomic mass is 32.2. The Balaban J connectivity index is 2.49. The molecule has 0 aliphatic heterocycles. The molecule has 1 heterocycles. The van der Waals surface area contributed by atoms with Crippen LogP contribution in [0.15, 0.2) is 12.3 Å². The van der Waals surface area contributed by atoms with Crippen molar-refractivity contribution in [3.05, 3.63) is 12.3 Å². The zero-order chi connectivity index (χ0) is 12.7. The van der Waals surface area contributed by atoms with Gasteiger partial charge in [0.25, 0.3) is 0 Å². The van der Waals surface area contributed by atoms with Gasteiger partial charge in [-0.2, -0.15) is 4.98 Å². The summed E-state index contributed by atoms with van der Waals surface area (Å²) in [5, 5.41) is 6.33. The third kappa shape index (κ3) is 5.63. The minimum atomic E-state index is -0.737. The van der Waals surface area contributed by atoms with Gasteiger partial charge in [-0.15, -0.1) is 0 Å². The number of nitrogens with zero attached hydrogens (tertiary/aromatic N) is 2. The lowest BCUT2D eigenvalue weighted by molar-refractivity contribution is 0.678. The van der Waals surface area contributed by atoms with E-state index >= 15 is 0 Å². The molecule has 0 radical (unpaired) electrons. The van der Waals surface area contributed by atoms with Gasteiger partial charge in [-0.05, 0) is 26.3 Å². The van der Waals surface area contributed by atoms with Crippen LogP contribution in [0.1, 0.15) is 20.3 Å². The summed E-state index contributed by atoms with van der Waals surface area (Å²) in [6.07, 6.45) is 4.31. The monoisotopic (exact) mass is 256 g/mol. The lowest BCUT2D eigenvalue weighted by atomic mass is 10.2. The average Bonchev–Trinajstić information content (AvgIpc) is 2.27. The molecule has 0 aromatic carbocycles. The van der Waals surface area contributed by atoms with Crippen LogP contribution < -0.4 is 10.6 Å². The maximum absolute atomic E-state index is 11.0. The predicted molar refractivity (Wildman–Crippen MR) is 72.8 cm³/mol. The van der Waals surface area contributed by atoms with Crippen molar-refractivity contribution < 1.29 is 4.21 Å². The Morgan fingerprint density at radius 3 is 2.94 bits per heavy atom. The maximum Gasteiger partial charge on any atom is 0.224 e. The van der Waals surface area contributed by atoms with Crippen LogP contribution in [0, 0.1) is 0 Å². The van der Waals surface area contributed by atoms with Crippen molar-refractivity contribution in [2.75, 3.05) is 29.2 Å². The van der Waals surface area contributed by atoms with E-state index in [0.717, 1.165) is 18.8 Å². The highest BCUT2D eigenvalue weighted by Gasteiger charge is 2.05. The zero-order valence-electron chi connectivity index (χ0n) is 10.6. The molecule has 0 saturated carbocycles. The highest BCUT2D eigenvalue weighted by Crippen LogP contribution is 2.08. The third-order valence-electron chi connectivity index (χ3n) is 2.22. The molecule has 2 atom stereocenters. The fourth-order valence-corrected chi connectivity index (χ4v) is 2.04. The topological polar surface area (TPSA) is 66.9 Å². The molecule has 1 aromatic heterocycles. The van der Waals surface area contributed by atoms with Crippen LogP contribution in [0.5, 0.6) is 0 Å². The molecule has 0 amide bonds. The summed E-state index contributed by atoms with van der Waals surface area (Å²) >= 11 is 0. The van der Waals surface area contributed by atoms with Crippen molar-refractivity contribution in [2.24, 2.45) is 0 Å². The molecule has 0 fully saturated rings. The second-order valence-electron chi connectivity index (χ2n) is 3.91. The standard InChI is InChI=1S/C11H20N4OS/c1-4-12-11-13-7-5-10(15-11)14-9(2)6-8-17(3)16/h5,7,9H,4,6,8H2,1-3H3,(H2,12,13,14,15). The van der Waals surface area contributed by atoms with E-state index in [2.05, 4.69) is 27.5 Å². The Bertz CT molecular complexity index is 372. The van der Waals surface area contributed by atoms with Gasteiger partial charge in [-0.25, -0.2) is 4.98 Å². The first kappa shape index (κ1) is 13.9. The molecule has 2 N–H and O–H groups in total. The Morgan fingerprint density at radius 1 is 1.53 bits per heavy atom. The molecule has 0 aliphatic carbocycles. The quantitative estimate of drug-likeness (QED) is 0.773. The van der Waals surface area contributed by atoms with Crippen LogP contribution in [0.3, 0.4) is 0 Å². The van der Waals surface area contributed by atoms with Gasteiger partial charge in [0.05, 0.1) is 0 Å². The number of hydrogen-bond acceptors (Lipinski definition) is 5. The summed E-state index contributed by atoms with van der Waals surface area (Å²) in [7, 11) is -0.737. The summed E-state index contributed by atoms with van der Waals surface area (Å²) in [6, 6.07) is 2.09. The largest absolute Gasteiger partial charge is 0.367 e. The van der Waals surface area contributed by atoms with Gasteiger partial charge in [0.15, 0.2) is 0 Å². The number of nitrogens with one attached hydrogen (secondary N) is 2. The molecule has 5 nitrogen and oxygen atoms in total. The van der Waals surface area contributed by atoms with Gasteiger partial charge in [-0.1, -0.05) is 0 Å². The Morgan fingerprint density at radius 2 is 2.29 bits per heavy atom. The summed E-state index contributed by atoms with van der Waals surface area (Å²) in [5.41, 5.74) is 0. The van der Waals surface area contributed by atoms with E-state index in [1.165, 1.54) is 0 Å². The Labute approximate surface area is 105 Å². The minimum absolute atomic E-state index is 0.253. The van der Waals surface area contributed by atoms with Crippen molar-refractivity contribution in [1.82, 2.24) is 9.97 Å². The third-order valence-corrected chi connectivity index (χ3v) is 3.03. The average molecular weight is 256 g/mol. The molecule has 0 aliphatic rings. The zero-order valence-corrected chi connectivity index (χ0v) is 11.4. The number of anilines is 2. The van der Waals surface area contributed by atoms with E-state index in [1.807, 2.05) is 13.0 Å². The lowest BCUT2D eigenvalue weighted by Gasteiger charge is -2.14. The van der Waals surface area contributed by atoms with E-state index in [-0.39, 0.29) is 6.04 Å².